The van der Waals surface area contributed by atoms with Gasteiger partial charge in [0.1, 0.15) is 0 Å². The number of rotatable bonds is 2. The van der Waals surface area contributed by atoms with Gasteiger partial charge in [-0.05, 0) is 25.7 Å². The molecule has 0 heterocycles. The summed E-state index contributed by atoms with van der Waals surface area (Å²) in [6, 6.07) is 0. The molecule has 0 amide bonds. The van der Waals surface area contributed by atoms with Crippen LogP contribution < -0.4 is 0 Å². The van der Waals surface area contributed by atoms with Crippen molar-refractivity contribution in [3.05, 3.63) is 0 Å². The Kier molecular flexibility index (Phi) is 2.18. The molecule has 0 aromatic rings. The summed E-state index contributed by atoms with van der Waals surface area (Å²) in [4.78, 5) is 10.3. The molecule has 0 unspecified atom stereocenters. The smallest absolute Gasteiger partial charge is 0.303 e. The van der Waals surface area contributed by atoms with Crippen LogP contribution in [-0.2, 0) is 4.79 Å². The number of aliphatic carboxylic acids is 1. The van der Waals surface area contributed by atoms with Crippen LogP contribution in [0.3, 0.4) is 0 Å². The highest BCUT2D eigenvalue weighted by Gasteiger charge is 2.37. The van der Waals surface area contributed by atoms with Crippen LogP contribution in [0, 0.1) is 5.92 Å². The summed E-state index contributed by atoms with van der Waals surface area (Å²) in [5.74, 6) is -0.850. The van der Waals surface area contributed by atoms with Crippen LogP contribution in [0.4, 0.5) is 0 Å². The summed E-state index contributed by atoms with van der Waals surface area (Å²) in [5.41, 5.74) is -0.738. The molecule has 0 radical (unpaired) electrons. The zero-order chi connectivity index (χ0) is 8.48. The molecule has 0 saturated heterocycles. The van der Waals surface area contributed by atoms with E-state index >= 15 is 0 Å². The zero-order valence-corrected chi connectivity index (χ0v) is 6.71. The van der Waals surface area contributed by atoms with Gasteiger partial charge in [-0.3, -0.25) is 4.79 Å². The van der Waals surface area contributed by atoms with E-state index in [0.29, 0.717) is 0 Å². The van der Waals surface area contributed by atoms with Gasteiger partial charge < -0.3 is 10.2 Å². The monoisotopic (exact) mass is 158 g/mol. The molecule has 2 atom stereocenters. The molecule has 1 rings (SSSR count). The van der Waals surface area contributed by atoms with E-state index in [9.17, 15) is 9.90 Å². The van der Waals surface area contributed by atoms with Gasteiger partial charge in [0.05, 0.1) is 12.0 Å². The molecule has 0 aromatic heterocycles. The van der Waals surface area contributed by atoms with Crippen LogP contribution in [0.5, 0.6) is 0 Å². The third kappa shape index (κ3) is 1.93. The summed E-state index contributed by atoms with van der Waals surface area (Å²) in [6.45, 7) is 1.73. The fourth-order valence-electron chi connectivity index (χ4n) is 1.75. The topological polar surface area (TPSA) is 57.5 Å². The second kappa shape index (κ2) is 2.81. The van der Waals surface area contributed by atoms with Gasteiger partial charge >= 0.3 is 5.97 Å². The van der Waals surface area contributed by atoms with Gasteiger partial charge in [0, 0.05) is 0 Å². The highest BCUT2D eigenvalue weighted by molar-refractivity contribution is 5.67. The molecule has 64 valence electrons. The van der Waals surface area contributed by atoms with Crippen molar-refractivity contribution in [2.24, 2.45) is 5.92 Å². The van der Waals surface area contributed by atoms with E-state index in [1.807, 2.05) is 0 Å². The Balaban J connectivity index is 2.51. The summed E-state index contributed by atoms with van der Waals surface area (Å²) >= 11 is 0. The molecule has 11 heavy (non-hydrogen) atoms. The van der Waals surface area contributed by atoms with E-state index in [4.69, 9.17) is 5.11 Å². The number of hydrogen-bond acceptors (Lipinski definition) is 2. The lowest BCUT2D eigenvalue weighted by molar-refractivity contribution is -0.140. The van der Waals surface area contributed by atoms with E-state index in [-0.39, 0.29) is 12.3 Å². The molecule has 2 N–H and O–H groups in total. The van der Waals surface area contributed by atoms with E-state index in [1.54, 1.807) is 6.92 Å². The Morgan fingerprint density at radius 2 is 2.36 bits per heavy atom. The molecule has 1 fully saturated rings. The molecular weight excluding hydrogens is 144 g/mol. The molecule has 1 aliphatic carbocycles. The number of carbonyl (C=O) groups is 1. The van der Waals surface area contributed by atoms with Crippen molar-refractivity contribution in [1.29, 1.82) is 0 Å². The highest BCUT2D eigenvalue weighted by atomic mass is 16.4. The van der Waals surface area contributed by atoms with Crippen molar-refractivity contribution < 1.29 is 15.0 Å². The molecule has 0 bridgehead atoms. The average Bonchev–Trinajstić information content (AvgIpc) is 2.10. The lowest BCUT2D eigenvalue weighted by atomic mass is 9.90. The van der Waals surface area contributed by atoms with Crippen LogP contribution in [0.15, 0.2) is 0 Å². The van der Waals surface area contributed by atoms with Crippen LogP contribution in [0.1, 0.15) is 32.6 Å². The number of carboxylic acids is 1. The van der Waals surface area contributed by atoms with Gasteiger partial charge in [0.15, 0.2) is 0 Å². The molecule has 0 aliphatic heterocycles. The Labute approximate surface area is 66.0 Å². The predicted octanol–water partition coefficient (Wildman–Crippen LogP) is 1.01. The quantitative estimate of drug-likeness (QED) is 0.630. The van der Waals surface area contributed by atoms with E-state index in [0.717, 1.165) is 19.3 Å². The van der Waals surface area contributed by atoms with Crippen LogP contribution in [0.2, 0.25) is 0 Å². The second-order valence-electron chi connectivity index (χ2n) is 3.54. The lowest BCUT2D eigenvalue weighted by Gasteiger charge is -2.23. The normalized spacial score (nSPS) is 37.5. The minimum absolute atomic E-state index is 0.0417. The zero-order valence-electron chi connectivity index (χ0n) is 6.71. The third-order valence-electron chi connectivity index (χ3n) is 2.54. The molecule has 0 aromatic carbocycles. The average molecular weight is 158 g/mol. The minimum Gasteiger partial charge on any atom is -0.481 e. The van der Waals surface area contributed by atoms with Gasteiger partial charge in [0.25, 0.3) is 0 Å². The predicted molar refractivity (Wildman–Crippen MR) is 40.2 cm³/mol. The molecule has 1 saturated carbocycles. The molecule has 0 spiro atoms. The summed E-state index contributed by atoms with van der Waals surface area (Å²) < 4.78 is 0. The first-order valence-electron chi connectivity index (χ1n) is 3.96. The van der Waals surface area contributed by atoms with Crippen molar-refractivity contribution in [2.75, 3.05) is 0 Å². The fraction of sp³-hybridized carbons (Fsp3) is 0.875. The summed E-state index contributed by atoms with van der Waals surface area (Å²) in [5, 5.41) is 18.1. The number of aliphatic hydroxyl groups is 1. The fourth-order valence-corrected chi connectivity index (χ4v) is 1.75. The summed E-state index contributed by atoms with van der Waals surface area (Å²) in [7, 11) is 0. The Morgan fingerprint density at radius 1 is 1.73 bits per heavy atom. The lowest BCUT2D eigenvalue weighted by Crippen LogP contribution is -2.30. The van der Waals surface area contributed by atoms with E-state index in [1.165, 1.54) is 0 Å². The van der Waals surface area contributed by atoms with E-state index < -0.39 is 11.6 Å². The first-order chi connectivity index (χ1) is 5.02. The second-order valence-corrected chi connectivity index (χ2v) is 3.54. The van der Waals surface area contributed by atoms with Gasteiger partial charge in [-0.25, -0.2) is 0 Å². The maximum absolute atomic E-state index is 10.3. The van der Waals surface area contributed by atoms with Gasteiger partial charge in [-0.1, -0.05) is 6.42 Å². The Hall–Kier alpha value is -0.570. The van der Waals surface area contributed by atoms with E-state index in [2.05, 4.69) is 0 Å². The van der Waals surface area contributed by atoms with Crippen molar-refractivity contribution in [3.63, 3.8) is 0 Å². The van der Waals surface area contributed by atoms with Crippen molar-refractivity contribution in [2.45, 2.75) is 38.2 Å². The van der Waals surface area contributed by atoms with Gasteiger partial charge in [0.2, 0.25) is 0 Å². The maximum Gasteiger partial charge on any atom is 0.303 e. The highest BCUT2D eigenvalue weighted by Crippen LogP contribution is 2.37. The summed E-state index contributed by atoms with van der Waals surface area (Å²) in [6.07, 6.45) is 2.64. The molecule has 3 heteroatoms. The van der Waals surface area contributed by atoms with Crippen molar-refractivity contribution in [1.82, 2.24) is 0 Å². The molecule has 3 nitrogen and oxygen atoms in total. The first-order valence-corrected chi connectivity index (χ1v) is 3.96. The Bertz CT molecular complexity index is 163. The standard InChI is InChI=1S/C8H14O3/c1-8(11)4-2-3-6(8)5-7(9)10/h6,11H,2-5H2,1H3,(H,9,10)/t6-,8+/m1/s1. The van der Waals surface area contributed by atoms with Crippen LogP contribution >= 0.6 is 0 Å². The Morgan fingerprint density at radius 3 is 2.73 bits per heavy atom. The largest absolute Gasteiger partial charge is 0.481 e. The number of hydrogen-bond donors (Lipinski definition) is 2. The van der Waals surface area contributed by atoms with Gasteiger partial charge in [-0.2, -0.15) is 0 Å². The van der Waals surface area contributed by atoms with Crippen LogP contribution in [0.25, 0.3) is 0 Å². The SMILES string of the molecule is C[C@]1(O)CCC[C@@H]1CC(=O)O. The van der Waals surface area contributed by atoms with Gasteiger partial charge in [-0.15, -0.1) is 0 Å². The minimum atomic E-state index is -0.808. The number of carboxylic acid groups (broad SMARTS) is 1. The molecule has 1 aliphatic rings. The van der Waals surface area contributed by atoms with Crippen molar-refractivity contribution >= 4 is 5.97 Å². The first kappa shape index (κ1) is 8.53. The van der Waals surface area contributed by atoms with Crippen LogP contribution in [-0.4, -0.2) is 21.8 Å². The third-order valence-corrected chi connectivity index (χ3v) is 2.54. The molecular formula is C8H14O3. The maximum atomic E-state index is 10.3. The van der Waals surface area contributed by atoms with Crippen molar-refractivity contribution in [3.8, 4) is 0 Å².